The molecule has 2 aromatic carbocycles. The Kier molecular flexibility index (Phi) is 4.11. The molecule has 1 heterocycles. The fourth-order valence-electron chi connectivity index (χ4n) is 2.11. The lowest BCUT2D eigenvalue weighted by Crippen LogP contribution is -2.22. The summed E-state index contributed by atoms with van der Waals surface area (Å²) >= 11 is 0. The van der Waals surface area contributed by atoms with Crippen LogP contribution in [0.1, 0.15) is 16.1 Å². The third-order valence-electron chi connectivity index (χ3n) is 3.24. The van der Waals surface area contributed by atoms with E-state index in [2.05, 4.69) is 20.7 Å². The molecule has 6 nitrogen and oxygen atoms in total. The minimum atomic E-state index is -0.699. The van der Waals surface area contributed by atoms with Crippen LogP contribution in [-0.2, 0) is 0 Å². The van der Waals surface area contributed by atoms with Gasteiger partial charge in [0.2, 0.25) is 0 Å². The average Bonchev–Trinajstić information content (AvgIpc) is 2.58. The number of halogens is 2. The van der Waals surface area contributed by atoms with Crippen LogP contribution in [0.4, 0.5) is 8.78 Å². The normalized spacial score (nSPS) is 11.1. The van der Waals surface area contributed by atoms with Crippen LogP contribution < -0.4 is 11.0 Å². The van der Waals surface area contributed by atoms with Crippen molar-refractivity contribution in [2.45, 2.75) is 0 Å². The highest BCUT2D eigenvalue weighted by Gasteiger charge is 2.13. The Morgan fingerprint density at radius 1 is 1.17 bits per heavy atom. The first kappa shape index (κ1) is 15.5. The van der Waals surface area contributed by atoms with Gasteiger partial charge in [-0.2, -0.15) is 10.2 Å². The molecule has 0 spiro atoms. The van der Waals surface area contributed by atoms with E-state index < -0.39 is 23.1 Å². The van der Waals surface area contributed by atoms with Crippen LogP contribution in [0.5, 0.6) is 0 Å². The van der Waals surface area contributed by atoms with E-state index in [1.807, 2.05) is 0 Å². The van der Waals surface area contributed by atoms with Crippen LogP contribution in [0.2, 0.25) is 0 Å². The Balaban J connectivity index is 1.86. The molecule has 0 aliphatic rings. The molecule has 0 saturated heterocycles. The maximum Gasteiger partial charge on any atom is 0.292 e. The molecule has 0 unspecified atom stereocenters. The molecule has 8 heteroatoms. The summed E-state index contributed by atoms with van der Waals surface area (Å²) in [6.45, 7) is 0. The van der Waals surface area contributed by atoms with Crippen LogP contribution in [0.15, 0.2) is 52.4 Å². The van der Waals surface area contributed by atoms with Gasteiger partial charge >= 0.3 is 0 Å². The number of aromatic nitrogens is 2. The second-order valence-electron chi connectivity index (χ2n) is 4.81. The van der Waals surface area contributed by atoms with Crippen LogP contribution >= 0.6 is 0 Å². The molecule has 3 aromatic rings. The van der Waals surface area contributed by atoms with Crippen molar-refractivity contribution in [3.63, 3.8) is 0 Å². The third-order valence-corrected chi connectivity index (χ3v) is 3.24. The minimum Gasteiger partial charge on any atom is -0.267 e. The van der Waals surface area contributed by atoms with E-state index in [9.17, 15) is 18.4 Å². The quantitative estimate of drug-likeness (QED) is 0.569. The lowest BCUT2D eigenvalue weighted by atomic mass is 10.1. The highest BCUT2D eigenvalue weighted by molar-refractivity contribution is 6.04. The summed E-state index contributed by atoms with van der Waals surface area (Å²) in [5.74, 6) is -2.00. The van der Waals surface area contributed by atoms with E-state index in [1.165, 1.54) is 0 Å². The number of hydrazone groups is 1. The van der Waals surface area contributed by atoms with Gasteiger partial charge in [0, 0.05) is 10.9 Å². The molecule has 0 aliphatic heterocycles. The molecule has 0 aliphatic carbocycles. The first-order valence-electron chi connectivity index (χ1n) is 6.82. The van der Waals surface area contributed by atoms with Crippen molar-refractivity contribution < 1.29 is 13.6 Å². The zero-order valence-electron chi connectivity index (χ0n) is 12.1. The SMILES string of the molecule is O=C(N/N=C/c1cc(F)ccc1F)c1n[nH]c(=O)c2ccccc12. The lowest BCUT2D eigenvalue weighted by molar-refractivity contribution is 0.0951. The zero-order valence-corrected chi connectivity index (χ0v) is 12.1. The molecular formula is C16H10F2N4O2. The summed E-state index contributed by atoms with van der Waals surface area (Å²) in [6.07, 6.45) is 0.976. The molecule has 0 fully saturated rings. The van der Waals surface area contributed by atoms with E-state index in [0.29, 0.717) is 10.8 Å². The first-order valence-corrected chi connectivity index (χ1v) is 6.82. The van der Waals surface area contributed by atoms with Gasteiger partial charge in [-0.15, -0.1) is 0 Å². The number of hydrogen-bond acceptors (Lipinski definition) is 4. The summed E-state index contributed by atoms with van der Waals surface area (Å²) in [6, 6.07) is 9.31. The molecule has 120 valence electrons. The standard InChI is InChI=1S/C16H10F2N4O2/c17-10-5-6-13(18)9(7-10)8-19-21-16(24)14-11-3-1-2-4-12(11)15(23)22-20-14/h1-8H,(H,21,24)(H,22,23)/b19-8+. The maximum absolute atomic E-state index is 13.4. The Morgan fingerprint density at radius 2 is 1.92 bits per heavy atom. The number of carbonyl (C=O) groups excluding carboxylic acids is 1. The van der Waals surface area contributed by atoms with Crippen LogP contribution in [-0.4, -0.2) is 22.3 Å². The summed E-state index contributed by atoms with van der Waals surface area (Å²) in [4.78, 5) is 23.8. The number of H-pyrrole nitrogens is 1. The van der Waals surface area contributed by atoms with Gasteiger partial charge < -0.3 is 0 Å². The van der Waals surface area contributed by atoms with Crippen molar-refractivity contribution in [3.05, 3.63) is 75.7 Å². The molecule has 0 saturated carbocycles. The van der Waals surface area contributed by atoms with Gasteiger partial charge in [-0.1, -0.05) is 18.2 Å². The van der Waals surface area contributed by atoms with Crippen LogP contribution in [0.3, 0.4) is 0 Å². The fraction of sp³-hybridized carbons (Fsp3) is 0. The maximum atomic E-state index is 13.4. The second-order valence-corrected chi connectivity index (χ2v) is 4.81. The predicted octanol–water partition coefficient (Wildman–Crippen LogP) is 1.97. The van der Waals surface area contributed by atoms with Crippen LogP contribution in [0, 0.1) is 11.6 Å². The molecule has 24 heavy (non-hydrogen) atoms. The Labute approximate surface area is 133 Å². The molecule has 1 amide bonds. The average molecular weight is 328 g/mol. The van der Waals surface area contributed by atoms with Crippen molar-refractivity contribution in [2.24, 2.45) is 5.10 Å². The van der Waals surface area contributed by atoms with Gasteiger partial charge in [0.15, 0.2) is 5.69 Å². The molecule has 0 radical (unpaired) electrons. The van der Waals surface area contributed by atoms with E-state index in [0.717, 1.165) is 24.4 Å². The van der Waals surface area contributed by atoms with Crippen molar-refractivity contribution in [1.82, 2.24) is 15.6 Å². The summed E-state index contributed by atoms with van der Waals surface area (Å²) in [5.41, 5.74) is 1.58. The Bertz CT molecular complexity index is 1010. The van der Waals surface area contributed by atoms with Gasteiger partial charge in [-0.3, -0.25) is 9.59 Å². The van der Waals surface area contributed by atoms with Crippen molar-refractivity contribution >= 4 is 22.9 Å². The predicted molar refractivity (Wildman–Crippen MR) is 83.8 cm³/mol. The summed E-state index contributed by atoms with van der Waals surface area (Å²) in [7, 11) is 0. The molecule has 0 bridgehead atoms. The topological polar surface area (TPSA) is 87.2 Å². The number of nitrogens with one attached hydrogen (secondary N) is 2. The molecule has 0 atom stereocenters. The number of hydrogen-bond donors (Lipinski definition) is 2. The van der Waals surface area contributed by atoms with Crippen LogP contribution in [0.25, 0.3) is 10.8 Å². The van der Waals surface area contributed by atoms with E-state index in [-0.39, 0.29) is 11.3 Å². The van der Waals surface area contributed by atoms with E-state index in [4.69, 9.17) is 0 Å². The van der Waals surface area contributed by atoms with Gasteiger partial charge in [0.1, 0.15) is 11.6 Å². The number of fused-ring (bicyclic) bond motifs is 1. The number of aromatic amines is 1. The first-order chi connectivity index (χ1) is 11.6. The van der Waals surface area contributed by atoms with Gasteiger partial charge in [-0.25, -0.2) is 19.3 Å². The number of benzene rings is 2. The molecular weight excluding hydrogens is 318 g/mol. The zero-order chi connectivity index (χ0) is 17.1. The summed E-state index contributed by atoms with van der Waals surface area (Å²) < 4.78 is 26.5. The number of nitrogens with zero attached hydrogens (tertiary/aromatic N) is 2. The fourth-order valence-corrected chi connectivity index (χ4v) is 2.11. The minimum absolute atomic E-state index is 0.0398. The van der Waals surface area contributed by atoms with Gasteiger partial charge in [0.25, 0.3) is 11.5 Å². The third kappa shape index (κ3) is 3.02. The number of amides is 1. The van der Waals surface area contributed by atoms with E-state index >= 15 is 0 Å². The second kappa shape index (κ2) is 6.37. The summed E-state index contributed by atoms with van der Waals surface area (Å²) in [5, 5.41) is 10.2. The molecule has 1 aromatic heterocycles. The molecule has 2 N–H and O–H groups in total. The van der Waals surface area contributed by atoms with Crippen molar-refractivity contribution in [2.75, 3.05) is 0 Å². The lowest BCUT2D eigenvalue weighted by Gasteiger charge is -2.03. The smallest absolute Gasteiger partial charge is 0.267 e. The van der Waals surface area contributed by atoms with Crippen molar-refractivity contribution in [3.8, 4) is 0 Å². The largest absolute Gasteiger partial charge is 0.292 e. The molecule has 3 rings (SSSR count). The number of rotatable bonds is 3. The Hall–Kier alpha value is -3.42. The highest BCUT2D eigenvalue weighted by atomic mass is 19.1. The van der Waals surface area contributed by atoms with Gasteiger partial charge in [0.05, 0.1) is 11.6 Å². The van der Waals surface area contributed by atoms with E-state index in [1.54, 1.807) is 24.3 Å². The number of carbonyl (C=O) groups is 1. The monoisotopic (exact) mass is 328 g/mol. The van der Waals surface area contributed by atoms with Gasteiger partial charge in [-0.05, 0) is 24.3 Å². The highest BCUT2D eigenvalue weighted by Crippen LogP contribution is 2.12. The van der Waals surface area contributed by atoms with Crippen molar-refractivity contribution in [1.29, 1.82) is 0 Å². The Morgan fingerprint density at radius 3 is 2.71 bits per heavy atom.